The summed E-state index contributed by atoms with van der Waals surface area (Å²) in [4.78, 5) is 15.7. The molecule has 0 saturated heterocycles. The first kappa shape index (κ1) is 12.8. The Balaban J connectivity index is 1.67. The highest BCUT2D eigenvalue weighted by molar-refractivity contribution is 6.29. The average molecular weight is 302 g/mol. The Kier molecular flexibility index (Phi) is 2.96. The molecule has 5 nitrogen and oxygen atoms in total. The molecule has 1 aliphatic heterocycles. The van der Waals surface area contributed by atoms with Gasteiger partial charge in [0, 0.05) is 54.6 Å². The van der Waals surface area contributed by atoms with Crippen molar-refractivity contribution in [3.05, 3.63) is 40.6 Å². The number of hydrogen-bond donors (Lipinski definition) is 1. The van der Waals surface area contributed by atoms with E-state index in [0.29, 0.717) is 11.1 Å². The summed E-state index contributed by atoms with van der Waals surface area (Å²) in [7, 11) is 0. The molecular formula is C15H16ClN5. The topological polar surface area (TPSA) is 67.9 Å². The van der Waals surface area contributed by atoms with Crippen molar-refractivity contribution in [2.24, 2.45) is 0 Å². The second-order valence-electron chi connectivity index (χ2n) is 5.68. The third-order valence-electron chi connectivity index (χ3n) is 4.11. The minimum atomic E-state index is 0.492. The van der Waals surface area contributed by atoms with Gasteiger partial charge >= 0.3 is 0 Å². The summed E-state index contributed by atoms with van der Waals surface area (Å²) >= 11 is 6.16. The molecule has 1 fully saturated rings. The number of anilines is 2. The van der Waals surface area contributed by atoms with E-state index in [-0.39, 0.29) is 0 Å². The predicted molar refractivity (Wildman–Crippen MR) is 82.4 cm³/mol. The van der Waals surface area contributed by atoms with Crippen LogP contribution >= 0.6 is 11.6 Å². The number of rotatable bonds is 2. The Hall–Kier alpha value is -1.88. The Morgan fingerprint density at radius 2 is 2.14 bits per heavy atom. The standard InChI is InChI=1S/C15H16ClN5/c16-13-7-14(20-15(19-13)9-1-2-9)21-6-4-12-10(8-21)11(17)3-5-18-12/h3,5,7,9H,1-2,4,6,8H2,(H2,17,18). The molecule has 0 atom stereocenters. The van der Waals surface area contributed by atoms with Crippen LogP contribution < -0.4 is 10.6 Å². The van der Waals surface area contributed by atoms with Crippen LogP contribution in [0.3, 0.4) is 0 Å². The van der Waals surface area contributed by atoms with E-state index in [1.54, 1.807) is 6.20 Å². The molecule has 0 bridgehead atoms. The van der Waals surface area contributed by atoms with Gasteiger partial charge in [-0.3, -0.25) is 4.98 Å². The number of halogens is 1. The summed E-state index contributed by atoms with van der Waals surface area (Å²) in [6.45, 7) is 1.60. The molecule has 2 aromatic rings. The van der Waals surface area contributed by atoms with E-state index in [4.69, 9.17) is 22.3 Å². The minimum Gasteiger partial charge on any atom is -0.398 e. The molecule has 2 aromatic heterocycles. The molecule has 0 amide bonds. The van der Waals surface area contributed by atoms with E-state index < -0.39 is 0 Å². The van der Waals surface area contributed by atoms with Gasteiger partial charge in [0.05, 0.1) is 0 Å². The van der Waals surface area contributed by atoms with Gasteiger partial charge in [0.1, 0.15) is 16.8 Å². The number of pyridine rings is 1. The molecule has 1 aliphatic carbocycles. The smallest absolute Gasteiger partial charge is 0.135 e. The fraction of sp³-hybridized carbons (Fsp3) is 0.400. The summed E-state index contributed by atoms with van der Waals surface area (Å²) in [6, 6.07) is 3.69. The lowest BCUT2D eigenvalue weighted by Gasteiger charge is -2.30. The largest absolute Gasteiger partial charge is 0.398 e. The maximum atomic E-state index is 6.16. The molecule has 2 aliphatic rings. The van der Waals surface area contributed by atoms with Crippen LogP contribution in [-0.2, 0) is 13.0 Å². The first-order chi connectivity index (χ1) is 10.2. The van der Waals surface area contributed by atoms with Crippen LogP contribution in [0.2, 0.25) is 5.15 Å². The van der Waals surface area contributed by atoms with Crippen molar-refractivity contribution < 1.29 is 0 Å². The van der Waals surface area contributed by atoms with E-state index >= 15 is 0 Å². The lowest BCUT2D eigenvalue weighted by Crippen LogP contribution is -2.32. The summed E-state index contributed by atoms with van der Waals surface area (Å²) in [5, 5.41) is 0.520. The third-order valence-corrected chi connectivity index (χ3v) is 4.31. The monoisotopic (exact) mass is 301 g/mol. The average Bonchev–Trinajstić information content (AvgIpc) is 3.31. The molecule has 21 heavy (non-hydrogen) atoms. The van der Waals surface area contributed by atoms with Crippen molar-refractivity contribution in [1.82, 2.24) is 15.0 Å². The van der Waals surface area contributed by atoms with E-state index in [1.807, 2.05) is 12.1 Å². The molecule has 6 heteroatoms. The van der Waals surface area contributed by atoms with Gasteiger partial charge in [-0.05, 0) is 18.9 Å². The van der Waals surface area contributed by atoms with Crippen LogP contribution in [-0.4, -0.2) is 21.5 Å². The highest BCUT2D eigenvalue weighted by atomic mass is 35.5. The maximum Gasteiger partial charge on any atom is 0.135 e. The van der Waals surface area contributed by atoms with E-state index in [2.05, 4.69) is 14.9 Å². The maximum absolute atomic E-state index is 6.16. The van der Waals surface area contributed by atoms with Gasteiger partial charge in [-0.25, -0.2) is 9.97 Å². The second-order valence-corrected chi connectivity index (χ2v) is 6.07. The SMILES string of the molecule is Nc1ccnc2c1CN(c1cc(Cl)nc(C3CC3)n1)CC2. The van der Waals surface area contributed by atoms with Crippen LogP contribution in [0.5, 0.6) is 0 Å². The van der Waals surface area contributed by atoms with Gasteiger partial charge in [0.15, 0.2) is 0 Å². The van der Waals surface area contributed by atoms with Gasteiger partial charge in [0.25, 0.3) is 0 Å². The zero-order valence-electron chi connectivity index (χ0n) is 11.6. The van der Waals surface area contributed by atoms with E-state index in [1.165, 1.54) is 12.8 Å². The predicted octanol–water partition coefficient (Wildman–Crippen LogP) is 2.55. The Morgan fingerprint density at radius 3 is 2.95 bits per heavy atom. The highest BCUT2D eigenvalue weighted by Gasteiger charge is 2.28. The second kappa shape index (κ2) is 4.84. The summed E-state index contributed by atoms with van der Waals surface area (Å²) in [5.41, 5.74) is 9.07. The van der Waals surface area contributed by atoms with Crippen LogP contribution in [0.25, 0.3) is 0 Å². The number of hydrogen-bond acceptors (Lipinski definition) is 5. The van der Waals surface area contributed by atoms with Gasteiger partial charge < -0.3 is 10.6 Å². The highest BCUT2D eigenvalue weighted by Crippen LogP contribution is 2.39. The fourth-order valence-corrected chi connectivity index (χ4v) is 2.95. The van der Waals surface area contributed by atoms with Crippen molar-refractivity contribution in [1.29, 1.82) is 0 Å². The Labute approximate surface area is 128 Å². The normalized spacial score (nSPS) is 17.7. The summed E-state index contributed by atoms with van der Waals surface area (Å²) < 4.78 is 0. The Bertz CT molecular complexity index is 698. The molecule has 0 radical (unpaired) electrons. The van der Waals surface area contributed by atoms with E-state index in [0.717, 1.165) is 48.1 Å². The molecular weight excluding hydrogens is 286 g/mol. The number of nitrogens with zero attached hydrogens (tertiary/aromatic N) is 4. The van der Waals surface area contributed by atoms with Crippen LogP contribution in [0.4, 0.5) is 11.5 Å². The molecule has 4 rings (SSSR count). The molecule has 3 heterocycles. The van der Waals surface area contributed by atoms with Crippen LogP contribution in [0.1, 0.15) is 35.8 Å². The quantitative estimate of drug-likeness (QED) is 0.863. The van der Waals surface area contributed by atoms with Gasteiger partial charge in [-0.1, -0.05) is 11.6 Å². The van der Waals surface area contributed by atoms with Crippen LogP contribution in [0.15, 0.2) is 18.3 Å². The van der Waals surface area contributed by atoms with Gasteiger partial charge in [-0.2, -0.15) is 0 Å². The van der Waals surface area contributed by atoms with Gasteiger partial charge in [0.2, 0.25) is 0 Å². The van der Waals surface area contributed by atoms with Crippen molar-refractivity contribution in [3.8, 4) is 0 Å². The molecule has 108 valence electrons. The molecule has 0 spiro atoms. The summed E-state index contributed by atoms with van der Waals surface area (Å²) in [6.07, 6.45) is 4.98. The zero-order valence-corrected chi connectivity index (χ0v) is 12.3. The third kappa shape index (κ3) is 2.42. The van der Waals surface area contributed by atoms with Crippen molar-refractivity contribution >= 4 is 23.1 Å². The Morgan fingerprint density at radius 1 is 1.29 bits per heavy atom. The molecule has 0 unspecified atom stereocenters. The number of aromatic nitrogens is 3. The fourth-order valence-electron chi connectivity index (χ4n) is 2.77. The van der Waals surface area contributed by atoms with Gasteiger partial charge in [-0.15, -0.1) is 0 Å². The molecule has 2 N–H and O–H groups in total. The van der Waals surface area contributed by atoms with Crippen LogP contribution in [0, 0.1) is 0 Å². The molecule has 0 aromatic carbocycles. The number of nitrogen functional groups attached to an aromatic ring is 1. The summed E-state index contributed by atoms with van der Waals surface area (Å²) in [5.74, 6) is 2.26. The van der Waals surface area contributed by atoms with Crippen molar-refractivity contribution in [2.45, 2.75) is 31.7 Å². The van der Waals surface area contributed by atoms with E-state index in [9.17, 15) is 0 Å². The molecule has 1 saturated carbocycles. The van der Waals surface area contributed by atoms with Crippen molar-refractivity contribution in [3.63, 3.8) is 0 Å². The minimum absolute atomic E-state index is 0.492. The van der Waals surface area contributed by atoms with Crippen molar-refractivity contribution in [2.75, 3.05) is 17.2 Å². The first-order valence-electron chi connectivity index (χ1n) is 7.22. The number of nitrogens with two attached hydrogens (primary N) is 1. The number of fused-ring (bicyclic) bond motifs is 1. The zero-order chi connectivity index (χ0) is 14.4. The lowest BCUT2D eigenvalue weighted by atomic mass is 10.0. The first-order valence-corrected chi connectivity index (χ1v) is 7.60. The lowest BCUT2D eigenvalue weighted by molar-refractivity contribution is 0.699.